The first-order valence-corrected chi connectivity index (χ1v) is 17.7. The lowest BCUT2D eigenvalue weighted by Gasteiger charge is -2.43. The van der Waals surface area contributed by atoms with Gasteiger partial charge in [-0.05, 0) is 157 Å². The van der Waals surface area contributed by atoms with Crippen LogP contribution in [0.4, 0.5) is 24.7 Å². The maximum Gasteiger partial charge on any atom is 0.416 e. The van der Waals surface area contributed by atoms with Crippen LogP contribution in [-0.4, -0.2) is 60.0 Å². The molecule has 1 amide bonds. The number of nitrogens with one attached hydrogen (secondary N) is 3. The van der Waals surface area contributed by atoms with Crippen molar-refractivity contribution >= 4 is 28.3 Å². The number of anilines is 2. The fourth-order valence-corrected chi connectivity index (χ4v) is 8.14. The number of nitrogen functional groups attached to an aromatic ring is 1. The molecule has 2 aromatic carbocycles. The number of nitrogens with zero attached hydrogens (tertiary/aromatic N) is 3. The molecule has 6 rings (SSSR count). The van der Waals surface area contributed by atoms with Gasteiger partial charge in [0.1, 0.15) is 11.6 Å². The number of piperidine rings is 2. The first kappa shape index (κ1) is 34.4. The number of likely N-dealkylation sites (tertiary alicyclic amines) is 1. The summed E-state index contributed by atoms with van der Waals surface area (Å²) in [5, 5.41) is 10.8. The number of hydrogen-bond acceptors (Lipinski definition) is 7. The number of hydrogen-bond donors (Lipinski definition) is 4. The Morgan fingerprint density at radius 1 is 1.04 bits per heavy atom. The Morgan fingerprint density at radius 2 is 1.77 bits per heavy atom. The molecular weight excluding hydrogens is 615 g/mol. The summed E-state index contributed by atoms with van der Waals surface area (Å²) in [6.45, 7) is 8.83. The SMILES string of the molecule is Cc1nc(NC(C)c2cc(N)cc(C(F)(F)F)c2)c2cc(C3CCN(CC(=O)NCCC4CCC5(CCNCC5)CC4)CC3)ccc2n1. The summed E-state index contributed by atoms with van der Waals surface area (Å²) in [7, 11) is 0. The standard InChI is InChI=1S/C37H50F3N7O/c1-24(29-19-30(37(38,39)40)22-31(41)20-29)44-35-32-21-28(3-4-33(32)45-25(2)46-35)27-8-17-47(18-9-27)23-34(48)43-14-7-26-5-10-36(11-6-26)12-15-42-16-13-36/h3-4,19-22,24,26-27,42H,5-18,23,41H2,1-2H3,(H,43,48)(H,44,45,46). The number of fused-ring (bicyclic) bond motifs is 1. The Labute approximate surface area is 281 Å². The van der Waals surface area contributed by atoms with Crippen LogP contribution in [0.3, 0.4) is 0 Å². The largest absolute Gasteiger partial charge is 0.416 e. The molecule has 1 spiro atoms. The molecule has 11 heteroatoms. The molecule has 3 fully saturated rings. The summed E-state index contributed by atoms with van der Waals surface area (Å²) >= 11 is 0. The topological polar surface area (TPSA) is 108 Å². The van der Waals surface area contributed by atoms with Gasteiger partial charge in [-0.1, -0.05) is 6.07 Å². The summed E-state index contributed by atoms with van der Waals surface area (Å²) in [5.41, 5.74) is 8.09. The average molecular weight is 666 g/mol. The quantitative estimate of drug-likeness (QED) is 0.183. The molecule has 1 saturated carbocycles. The van der Waals surface area contributed by atoms with Crippen molar-refractivity contribution < 1.29 is 18.0 Å². The second kappa shape index (κ2) is 14.6. The summed E-state index contributed by atoms with van der Waals surface area (Å²) in [6.07, 6.45) is 6.40. The van der Waals surface area contributed by atoms with Gasteiger partial charge in [-0.2, -0.15) is 13.2 Å². The predicted octanol–water partition coefficient (Wildman–Crippen LogP) is 6.96. The Morgan fingerprint density at radius 3 is 2.48 bits per heavy atom. The maximum absolute atomic E-state index is 13.4. The zero-order valence-corrected chi connectivity index (χ0v) is 28.3. The van der Waals surface area contributed by atoms with Crippen LogP contribution in [0.5, 0.6) is 0 Å². The van der Waals surface area contributed by atoms with E-state index in [0.717, 1.165) is 80.9 Å². The Hall–Kier alpha value is -3.44. The molecule has 3 heterocycles. The van der Waals surface area contributed by atoms with E-state index in [-0.39, 0.29) is 11.6 Å². The molecule has 48 heavy (non-hydrogen) atoms. The molecule has 1 unspecified atom stereocenters. The highest BCUT2D eigenvalue weighted by molar-refractivity contribution is 5.90. The van der Waals surface area contributed by atoms with Crippen molar-refractivity contribution in [2.75, 3.05) is 50.3 Å². The molecule has 3 aliphatic rings. The Balaban J connectivity index is 1.01. The molecule has 2 saturated heterocycles. The lowest BCUT2D eigenvalue weighted by molar-refractivity contribution is -0.137. The van der Waals surface area contributed by atoms with E-state index in [1.54, 1.807) is 19.9 Å². The normalized spacial score (nSPS) is 20.2. The Kier molecular flexibility index (Phi) is 10.5. The van der Waals surface area contributed by atoms with Gasteiger partial charge in [0, 0.05) is 17.6 Å². The summed E-state index contributed by atoms with van der Waals surface area (Å²) in [5.74, 6) is 2.33. The zero-order valence-electron chi connectivity index (χ0n) is 28.3. The highest BCUT2D eigenvalue weighted by Gasteiger charge is 2.36. The molecule has 1 atom stereocenters. The van der Waals surface area contributed by atoms with Crippen molar-refractivity contribution in [2.45, 2.75) is 89.8 Å². The molecule has 8 nitrogen and oxygen atoms in total. The third-order valence-corrected chi connectivity index (χ3v) is 11.1. The third kappa shape index (κ3) is 8.40. The number of halogens is 3. The number of alkyl halides is 3. The van der Waals surface area contributed by atoms with Crippen LogP contribution in [0.2, 0.25) is 0 Å². The van der Waals surface area contributed by atoms with Crippen LogP contribution in [0.15, 0.2) is 36.4 Å². The Bertz CT molecular complexity index is 1570. The first-order valence-electron chi connectivity index (χ1n) is 17.7. The van der Waals surface area contributed by atoms with Gasteiger partial charge >= 0.3 is 6.18 Å². The van der Waals surface area contributed by atoms with Crippen molar-refractivity contribution in [1.29, 1.82) is 0 Å². The maximum atomic E-state index is 13.4. The number of aromatic nitrogens is 2. The van der Waals surface area contributed by atoms with Gasteiger partial charge in [0.2, 0.25) is 5.91 Å². The van der Waals surface area contributed by atoms with E-state index in [4.69, 9.17) is 5.73 Å². The minimum Gasteiger partial charge on any atom is -0.399 e. The van der Waals surface area contributed by atoms with Gasteiger partial charge in [0.25, 0.3) is 0 Å². The van der Waals surface area contributed by atoms with Gasteiger partial charge in [-0.15, -0.1) is 0 Å². The van der Waals surface area contributed by atoms with Crippen LogP contribution in [0.1, 0.15) is 99.2 Å². The van der Waals surface area contributed by atoms with Crippen LogP contribution in [-0.2, 0) is 11.0 Å². The van der Waals surface area contributed by atoms with E-state index in [1.807, 2.05) is 6.07 Å². The van der Waals surface area contributed by atoms with E-state index in [2.05, 4.69) is 43.0 Å². The van der Waals surface area contributed by atoms with Gasteiger partial charge in [-0.25, -0.2) is 9.97 Å². The second-order valence-electron chi connectivity index (χ2n) is 14.5. The first-order chi connectivity index (χ1) is 23.0. The molecular formula is C37H50F3N7O. The van der Waals surface area contributed by atoms with Crippen LogP contribution in [0.25, 0.3) is 10.9 Å². The molecule has 0 bridgehead atoms. The molecule has 0 radical (unpaired) electrons. The van der Waals surface area contributed by atoms with Crippen molar-refractivity contribution in [3.8, 4) is 0 Å². The van der Waals surface area contributed by atoms with E-state index in [1.165, 1.54) is 44.1 Å². The molecule has 2 aliphatic heterocycles. The van der Waals surface area contributed by atoms with Gasteiger partial charge in [0.05, 0.1) is 23.7 Å². The number of nitrogens with two attached hydrogens (primary N) is 1. The monoisotopic (exact) mass is 665 g/mol. The highest BCUT2D eigenvalue weighted by atomic mass is 19.4. The third-order valence-electron chi connectivity index (χ3n) is 11.1. The van der Waals surface area contributed by atoms with E-state index in [0.29, 0.717) is 35.1 Å². The zero-order chi connectivity index (χ0) is 33.9. The number of carbonyl (C=O) groups excluding carboxylic acids is 1. The summed E-state index contributed by atoms with van der Waals surface area (Å²) in [4.78, 5) is 24.3. The molecule has 3 aromatic rings. The van der Waals surface area contributed by atoms with Gasteiger partial charge < -0.3 is 21.7 Å². The minimum atomic E-state index is -4.48. The van der Waals surface area contributed by atoms with Gasteiger partial charge in [0.15, 0.2) is 0 Å². The van der Waals surface area contributed by atoms with Crippen molar-refractivity contribution in [1.82, 2.24) is 25.5 Å². The lowest BCUT2D eigenvalue weighted by Crippen LogP contribution is -2.42. The summed E-state index contributed by atoms with van der Waals surface area (Å²) in [6, 6.07) is 9.38. The van der Waals surface area contributed by atoms with Crippen molar-refractivity contribution in [3.63, 3.8) is 0 Å². The summed E-state index contributed by atoms with van der Waals surface area (Å²) < 4.78 is 40.3. The lowest BCUT2D eigenvalue weighted by atomic mass is 9.65. The van der Waals surface area contributed by atoms with Crippen molar-refractivity contribution in [3.05, 3.63) is 58.9 Å². The number of carbonyl (C=O) groups is 1. The van der Waals surface area contributed by atoms with Gasteiger partial charge in [-0.3, -0.25) is 9.69 Å². The number of rotatable bonds is 9. The van der Waals surface area contributed by atoms with E-state index >= 15 is 0 Å². The van der Waals surface area contributed by atoms with E-state index in [9.17, 15) is 18.0 Å². The van der Waals surface area contributed by atoms with Crippen LogP contribution < -0.4 is 21.7 Å². The molecule has 260 valence electrons. The van der Waals surface area contributed by atoms with E-state index < -0.39 is 17.8 Å². The highest BCUT2D eigenvalue weighted by Crippen LogP contribution is 2.45. The number of amides is 1. The number of aryl methyl sites for hydroxylation is 1. The second-order valence-corrected chi connectivity index (χ2v) is 14.5. The fraction of sp³-hybridized carbons (Fsp3) is 0.595. The van der Waals surface area contributed by atoms with Crippen molar-refractivity contribution in [2.24, 2.45) is 11.3 Å². The van der Waals surface area contributed by atoms with Crippen LogP contribution in [0, 0.1) is 18.3 Å². The fourth-order valence-electron chi connectivity index (χ4n) is 8.14. The predicted molar refractivity (Wildman–Crippen MR) is 185 cm³/mol. The average Bonchev–Trinajstić information content (AvgIpc) is 3.05. The molecule has 1 aromatic heterocycles. The van der Waals surface area contributed by atoms with Crippen LogP contribution >= 0.6 is 0 Å². The minimum absolute atomic E-state index is 0.0631. The molecule has 5 N–H and O–H groups in total. The number of benzene rings is 2. The molecule has 1 aliphatic carbocycles. The smallest absolute Gasteiger partial charge is 0.399 e.